The summed E-state index contributed by atoms with van der Waals surface area (Å²) in [6.07, 6.45) is 0. The second-order valence-electron chi connectivity index (χ2n) is 7.48. The van der Waals surface area contributed by atoms with Gasteiger partial charge in [0.05, 0.1) is 0 Å². The van der Waals surface area contributed by atoms with Crippen LogP contribution in [0.25, 0.3) is 0 Å². The number of hydrogen-bond donors (Lipinski definition) is 2. The van der Waals surface area contributed by atoms with Gasteiger partial charge in [-0.15, -0.1) is 0 Å². The van der Waals surface area contributed by atoms with Crippen molar-refractivity contribution < 1.29 is 4.79 Å². The molecule has 2 aromatic rings. The molecule has 0 radical (unpaired) electrons. The summed E-state index contributed by atoms with van der Waals surface area (Å²) >= 11 is 5.30. The Balaban J connectivity index is 2.05. The average Bonchev–Trinajstić information content (AvgIpc) is 2.54. The quantitative estimate of drug-likeness (QED) is 0.741. The molecule has 132 valence electrons. The third-order valence-corrected chi connectivity index (χ3v) is 4.28. The highest BCUT2D eigenvalue weighted by molar-refractivity contribution is 7.80. The van der Waals surface area contributed by atoms with E-state index in [1.54, 1.807) is 0 Å². The van der Waals surface area contributed by atoms with Gasteiger partial charge in [0, 0.05) is 11.3 Å². The Labute approximate surface area is 155 Å². The van der Waals surface area contributed by atoms with Crippen LogP contribution in [0.3, 0.4) is 0 Å². The summed E-state index contributed by atoms with van der Waals surface area (Å²) in [5, 5.41) is 6.18. The molecule has 0 unspecified atom stereocenters. The van der Waals surface area contributed by atoms with E-state index < -0.39 is 0 Å². The van der Waals surface area contributed by atoms with Crippen LogP contribution in [0.1, 0.15) is 62.0 Å². The van der Waals surface area contributed by atoms with Gasteiger partial charge >= 0.3 is 0 Å². The van der Waals surface area contributed by atoms with Crippen molar-refractivity contribution >= 4 is 28.9 Å². The number of benzene rings is 2. The van der Waals surface area contributed by atoms with E-state index >= 15 is 0 Å². The van der Waals surface area contributed by atoms with Crippen LogP contribution in [0.15, 0.2) is 48.5 Å². The zero-order valence-electron chi connectivity index (χ0n) is 15.5. The SMILES string of the molecule is CC(C)c1ccccc1NC(=S)NC(=O)c1ccc(C(C)(C)C)cc1. The van der Waals surface area contributed by atoms with Crippen LogP contribution in [0.2, 0.25) is 0 Å². The molecule has 4 heteroatoms. The molecule has 0 saturated heterocycles. The monoisotopic (exact) mass is 354 g/mol. The molecular formula is C21H26N2OS. The van der Waals surface area contributed by atoms with Gasteiger partial charge in [-0.05, 0) is 52.9 Å². The van der Waals surface area contributed by atoms with Crippen LogP contribution in [-0.2, 0) is 5.41 Å². The molecule has 2 aromatic carbocycles. The minimum Gasteiger partial charge on any atom is -0.332 e. The highest BCUT2D eigenvalue weighted by Crippen LogP contribution is 2.24. The first kappa shape index (κ1) is 19.1. The lowest BCUT2D eigenvalue weighted by molar-refractivity contribution is 0.0977. The summed E-state index contributed by atoms with van der Waals surface area (Å²) in [5.41, 5.74) is 3.93. The topological polar surface area (TPSA) is 41.1 Å². The van der Waals surface area contributed by atoms with Crippen LogP contribution in [0.5, 0.6) is 0 Å². The fourth-order valence-electron chi connectivity index (χ4n) is 2.56. The van der Waals surface area contributed by atoms with E-state index in [4.69, 9.17) is 12.2 Å². The molecular weight excluding hydrogens is 328 g/mol. The third-order valence-electron chi connectivity index (χ3n) is 4.07. The molecule has 0 bridgehead atoms. The van der Waals surface area contributed by atoms with Gasteiger partial charge < -0.3 is 5.32 Å². The molecule has 0 heterocycles. The number of thiocarbonyl (C=S) groups is 1. The van der Waals surface area contributed by atoms with Crippen molar-refractivity contribution in [2.45, 2.75) is 46.0 Å². The molecule has 3 nitrogen and oxygen atoms in total. The zero-order chi connectivity index (χ0) is 18.6. The Morgan fingerprint density at radius 2 is 1.60 bits per heavy atom. The first-order chi connectivity index (χ1) is 11.7. The van der Waals surface area contributed by atoms with Crippen molar-refractivity contribution in [3.8, 4) is 0 Å². The Kier molecular flexibility index (Phi) is 5.96. The maximum atomic E-state index is 12.4. The molecule has 2 rings (SSSR count). The Hall–Kier alpha value is -2.20. The van der Waals surface area contributed by atoms with Gasteiger partial charge in [0.2, 0.25) is 0 Å². The van der Waals surface area contributed by atoms with Crippen LogP contribution in [0.4, 0.5) is 5.69 Å². The number of para-hydroxylation sites is 1. The minimum absolute atomic E-state index is 0.0619. The van der Waals surface area contributed by atoms with E-state index in [9.17, 15) is 4.79 Å². The van der Waals surface area contributed by atoms with E-state index in [2.05, 4.69) is 51.3 Å². The number of carbonyl (C=O) groups excluding carboxylic acids is 1. The molecule has 0 aromatic heterocycles. The van der Waals surface area contributed by atoms with E-state index in [0.717, 1.165) is 11.3 Å². The number of amides is 1. The van der Waals surface area contributed by atoms with Crippen LogP contribution < -0.4 is 10.6 Å². The molecule has 0 saturated carbocycles. The van der Waals surface area contributed by atoms with Gasteiger partial charge in [-0.1, -0.05) is 65.0 Å². The van der Waals surface area contributed by atoms with Gasteiger partial charge in [0.1, 0.15) is 0 Å². The molecule has 0 aliphatic heterocycles. The van der Waals surface area contributed by atoms with Crippen LogP contribution in [0, 0.1) is 0 Å². The number of anilines is 1. The van der Waals surface area contributed by atoms with Gasteiger partial charge in [-0.25, -0.2) is 0 Å². The highest BCUT2D eigenvalue weighted by Gasteiger charge is 2.15. The number of hydrogen-bond acceptors (Lipinski definition) is 2. The molecule has 25 heavy (non-hydrogen) atoms. The lowest BCUT2D eigenvalue weighted by atomic mass is 9.87. The Morgan fingerprint density at radius 1 is 1.00 bits per heavy atom. The first-order valence-corrected chi connectivity index (χ1v) is 8.91. The highest BCUT2D eigenvalue weighted by atomic mass is 32.1. The molecule has 1 amide bonds. The summed E-state index contributed by atoms with van der Waals surface area (Å²) < 4.78 is 0. The normalized spacial score (nSPS) is 11.3. The van der Waals surface area contributed by atoms with Crippen molar-refractivity contribution in [3.63, 3.8) is 0 Å². The second-order valence-corrected chi connectivity index (χ2v) is 7.89. The van der Waals surface area contributed by atoms with Gasteiger partial charge in [-0.3, -0.25) is 10.1 Å². The number of carbonyl (C=O) groups is 1. The molecule has 0 aliphatic rings. The van der Waals surface area contributed by atoms with Crippen molar-refractivity contribution in [1.82, 2.24) is 5.32 Å². The van der Waals surface area contributed by atoms with Gasteiger partial charge in [0.15, 0.2) is 5.11 Å². The fraction of sp³-hybridized carbons (Fsp3) is 0.333. The Bertz CT molecular complexity index is 758. The van der Waals surface area contributed by atoms with E-state index in [1.807, 2.05) is 42.5 Å². The van der Waals surface area contributed by atoms with E-state index in [0.29, 0.717) is 16.6 Å². The Morgan fingerprint density at radius 3 is 2.16 bits per heavy atom. The van der Waals surface area contributed by atoms with E-state index in [1.165, 1.54) is 5.56 Å². The van der Waals surface area contributed by atoms with Crippen molar-refractivity contribution in [2.75, 3.05) is 5.32 Å². The van der Waals surface area contributed by atoms with E-state index in [-0.39, 0.29) is 11.3 Å². The summed E-state index contributed by atoms with van der Waals surface area (Å²) in [5.74, 6) is 0.159. The average molecular weight is 355 g/mol. The molecule has 0 fully saturated rings. The van der Waals surface area contributed by atoms with Gasteiger partial charge in [0.25, 0.3) is 5.91 Å². The summed E-state index contributed by atoms with van der Waals surface area (Å²) in [4.78, 5) is 12.4. The third kappa shape index (κ3) is 5.13. The predicted molar refractivity (Wildman–Crippen MR) is 109 cm³/mol. The van der Waals surface area contributed by atoms with Crippen molar-refractivity contribution in [3.05, 3.63) is 65.2 Å². The zero-order valence-corrected chi connectivity index (χ0v) is 16.3. The lowest BCUT2D eigenvalue weighted by Crippen LogP contribution is -2.34. The fourth-order valence-corrected chi connectivity index (χ4v) is 2.77. The number of nitrogens with one attached hydrogen (secondary N) is 2. The lowest BCUT2D eigenvalue weighted by Gasteiger charge is -2.19. The van der Waals surface area contributed by atoms with Crippen LogP contribution in [-0.4, -0.2) is 11.0 Å². The predicted octanol–water partition coefficient (Wildman–Crippen LogP) is 5.23. The van der Waals surface area contributed by atoms with Crippen molar-refractivity contribution in [2.24, 2.45) is 0 Å². The largest absolute Gasteiger partial charge is 0.332 e. The van der Waals surface area contributed by atoms with Crippen molar-refractivity contribution in [1.29, 1.82) is 0 Å². The molecule has 2 N–H and O–H groups in total. The number of rotatable bonds is 3. The maximum absolute atomic E-state index is 12.4. The summed E-state index contributed by atoms with van der Waals surface area (Å²) in [6, 6.07) is 15.6. The minimum atomic E-state index is -0.208. The maximum Gasteiger partial charge on any atom is 0.257 e. The summed E-state index contributed by atoms with van der Waals surface area (Å²) in [6.45, 7) is 10.7. The molecule has 0 spiro atoms. The standard InChI is InChI=1S/C21H26N2OS/c1-14(2)17-8-6-7-9-18(17)22-20(25)23-19(24)15-10-12-16(13-11-15)21(3,4)5/h6-14H,1-5H3,(H2,22,23,24,25). The smallest absolute Gasteiger partial charge is 0.257 e. The second kappa shape index (κ2) is 7.79. The molecule has 0 aliphatic carbocycles. The first-order valence-electron chi connectivity index (χ1n) is 8.50. The van der Waals surface area contributed by atoms with Crippen LogP contribution >= 0.6 is 12.2 Å². The van der Waals surface area contributed by atoms with Gasteiger partial charge in [-0.2, -0.15) is 0 Å². The summed E-state index contributed by atoms with van der Waals surface area (Å²) in [7, 11) is 0. The molecule has 0 atom stereocenters.